The molecule has 0 aromatic heterocycles. The molecule has 1 heterocycles. The lowest BCUT2D eigenvalue weighted by Gasteiger charge is -2.22. The molecule has 0 spiro atoms. The van der Waals surface area contributed by atoms with E-state index in [0.29, 0.717) is 11.6 Å². The van der Waals surface area contributed by atoms with Crippen LogP contribution in [0.2, 0.25) is 0 Å². The minimum atomic E-state index is -1.75. The zero-order valence-electron chi connectivity index (χ0n) is 18.5. The number of hydrogen-bond acceptors (Lipinski definition) is 4. The topological polar surface area (TPSA) is 108 Å². The normalized spacial score (nSPS) is 17.5. The number of rotatable bonds is 8. The number of nitrogens with zero attached hydrogens (tertiary/aromatic N) is 1. The molecular formula is C23H23F3N4O4. The molecule has 1 fully saturated rings. The van der Waals surface area contributed by atoms with Gasteiger partial charge in [0.1, 0.15) is 12.1 Å². The summed E-state index contributed by atoms with van der Waals surface area (Å²) in [4.78, 5) is 50.2. The summed E-state index contributed by atoms with van der Waals surface area (Å²) in [7, 11) is 0. The van der Waals surface area contributed by atoms with Crippen molar-refractivity contribution in [3.8, 4) is 0 Å². The first-order chi connectivity index (χ1) is 16.1. The van der Waals surface area contributed by atoms with E-state index < -0.39 is 65.5 Å². The largest absolute Gasteiger partial charge is 0.345 e. The van der Waals surface area contributed by atoms with Crippen LogP contribution in [0.1, 0.15) is 31.4 Å². The molecular weight excluding hydrogens is 453 g/mol. The summed E-state index contributed by atoms with van der Waals surface area (Å²) in [5, 5.41) is 6.77. The number of benzene rings is 2. The summed E-state index contributed by atoms with van der Waals surface area (Å²) in [6.45, 7) is 2.27. The number of imide groups is 1. The van der Waals surface area contributed by atoms with Crippen molar-refractivity contribution in [2.75, 3.05) is 18.4 Å². The van der Waals surface area contributed by atoms with Gasteiger partial charge in [-0.15, -0.1) is 0 Å². The van der Waals surface area contributed by atoms with Crippen molar-refractivity contribution >= 4 is 29.4 Å². The number of halogens is 3. The Morgan fingerprint density at radius 2 is 1.68 bits per heavy atom. The molecule has 2 aromatic rings. The SMILES string of the molecule is CCCc1ccc(C2(C)NC(=O)N(CC(=O)NCC(=O)Nc3ccc(F)c(F)c3F)C2=O)cc1. The molecule has 2 aromatic carbocycles. The van der Waals surface area contributed by atoms with Gasteiger partial charge in [0, 0.05) is 0 Å². The summed E-state index contributed by atoms with van der Waals surface area (Å²) in [6.07, 6.45) is 1.84. The summed E-state index contributed by atoms with van der Waals surface area (Å²) in [5.41, 5.74) is -0.317. The fourth-order valence-corrected chi connectivity index (χ4v) is 3.52. The van der Waals surface area contributed by atoms with Gasteiger partial charge in [-0.05, 0) is 36.6 Å². The number of aryl methyl sites for hydroxylation is 1. The predicted molar refractivity (Wildman–Crippen MR) is 116 cm³/mol. The van der Waals surface area contributed by atoms with Crippen LogP contribution in [-0.2, 0) is 26.3 Å². The lowest BCUT2D eigenvalue weighted by molar-refractivity contribution is -0.135. The van der Waals surface area contributed by atoms with Gasteiger partial charge in [0.25, 0.3) is 5.91 Å². The lowest BCUT2D eigenvalue weighted by Crippen LogP contribution is -2.44. The van der Waals surface area contributed by atoms with Crippen LogP contribution < -0.4 is 16.0 Å². The van der Waals surface area contributed by atoms with Crippen LogP contribution in [0.25, 0.3) is 0 Å². The molecule has 180 valence electrons. The fraction of sp³-hybridized carbons (Fsp3) is 0.304. The highest BCUT2D eigenvalue weighted by atomic mass is 19.2. The van der Waals surface area contributed by atoms with Gasteiger partial charge < -0.3 is 16.0 Å². The average Bonchev–Trinajstić information content (AvgIpc) is 3.02. The molecule has 11 heteroatoms. The average molecular weight is 476 g/mol. The Balaban J connectivity index is 1.58. The smallest absolute Gasteiger partial charge is 0.325 e. The summed E-state index contributed by atoms with van der Waals surface area (Å²) < 4.78 is 39.9. The van der Waals surface area contributed by atoms with E-state index in [9.17, 15) is 32.3 Å². The van der Waals surface area contributed by atoms with E-state index in [0.717, 1.165) is 29.4 Å². The first-order valence-electron chi connectivity index (χ1n) is 10.5. The number of nitrogens with one attached hydrogen (secondary N) is 3. The summed E-state index contributed by atoms with van der Waals surface area (Å²) in [6, 6.07) is 7.92. The third kappa shape index (κ3) is 5.03. The molecule has 0 bridgehead atoms. The zero-order chi connectivity index (χ0) is 25.0. The zero-order valence-corrected chi connectivity index (χ0v) is 18.5. The molecule has 1 saturated heterocycles. The van der Waals surface area contributed by atoms with Crippen molar-refractivity contribution in [1.82, 2.24) is 15.5 Å². The molecule has 34 heavy (non-hydrogen) atoms. The Kier molecular flexibility index (Phi) is 7.23. The van der Waals surface area contributed by atoms with Crippen molar-refractivity contribution in [2.45, 2.75) is 32.2 Å². The molecule has 1 atom stereocenters. The van der Waals surface area contributed by atoms with Gasteiger partial charge in [-0.3, -0.25) is 19.3 Å². The summed E-state index contributed by atoms with van der Waals surface area (Å²) in [5.74, 6) is -7.13. The van der Waals surface area contributed by atoms with Crippen molar-refractivity contribution in [1.29, 1.82) is 0 Å². The molecule has 0 radical (unpaired) electrons. The maximum atomic E-state index is 13.6. The highest BCUT2D eigenvalue weighted by Gasteiger charge is 2.49. The maximum Gasteiger partial charge on any atom is 0.325 e. The standard InChI is InChI=1S/C23H23F3N4O4/c1-3-4-13-5-7-14(8-6-13)23(2)21(33)30(22(34)29-23)12-18(32)27-11-17(31)28-16-10-9-15(24)19(25)20(16)26/h5-10H,3-4,11-12H2,1-2H3,(H,27,32)(H,28,31)(H,29,34). The molecule has 0 aliphatic carbocycles. The number of amides is 5. The van der Waals surface area contributed by atoms with Crippen LogP contribution in [0.15, 0.2) is 36.4 Å². The number of carbonyl (C=O) groups is 4. The van der Waals surface area contributed by atoms with Crippen LogP contribution in [0.3, 0.4) is 0 Å². The minimum absolute atomic E-state index is 0.557. The molecule has 8 nitrogen and oxygen atoms in total. The first-order valence-corrected chi connectivity index (χ1v) is 10.5. The highest BCUT2D eigenvalue weighted by molar-refractivity contribution is 6.09. The van der Waals surface area contributed by atoms with Gasteiger partial charge in [0.15, 0.2) is 17.5 Å². The molecule has 0 saturated carbocycles. The first kappa shape index (κ1) is 24.7. The van der Waals surface area contributed by atoms with Crippen molar-refractivity contribution < 1.29 is 32.3 Å². The monoisotopic (exact) mass is 476 g/mol. The van der Waals surface area contributed by atoms with Crippen molar-refractivity contribution in [3.63, 3.8) is 0 Å². The molecule has 3 N–H and O–H groups in total. The lowest BCUT2D eigenvalue weighted by atomic mass is 9.91. The Labute approximate surface area is 193 Å². The van der Waals surface area contributed by atoms with Gasteiger partial charge in [-0.25, -0.2) is 18.0 Å². The van der Waals surface area contributed by atoms with Crippen LogP contribution in [0.5, 0.6) is 0 Å². The molecule has 1 aliphatic rings. The summed E-state index contributed by atoms with van der Waals surface area (Å²) >= 11 is 0. The second-order valence-corrected chi connectivity index (χ2v) is 7.94. The third-order valence-corrected chi connectivity index (χ3v) is 5.40. The number of anilines is 1. The third-order valence-electron chi connectivity index (χ3n) is 5.40. The van der Waals surface area contributed by atoms with Crippen LogP contribution in [-0.4, -0.2) is 41.7 Å². The van der Waals surface area contributed by atoms with E-state index >= 15 is 0 Å². The van der Waals surface area contributed by atoms with E-state index in [4.69, 9.17) is 0 Å². The van der Waals surface area contributed by atoms with Gasteiger partial charge in [0.2, 0.25) is 11.8 Å². The highest BCUT2D eigenvalue weighted by Crippen LogP contribution is 2.29. The Morgan fingerprint density at radius 1 is 1.00 bits per heavy atom. The Morgan fingerprint density at radius 3 is 2.32 bits per heavy atom. The van der Waals surface area contributed by atoms with Crippen LogP contribution in [0, 0.1) is 17.5 Å². The van der Waals surface area contributed by atoms with Gasteiger partial charge in [0.05, 0.1) is 12.2 Å². The Bertz CT molecular complexity index is 1140. The van der Waals surface area contributed by atoms with E-state index in [1.807, 2.05) is 24.4 Å². The van der Waals surface area contributed by atoms with Crippen molar-refractivity contribution in [2.24, 2.45) is 0 Å². The van der Waals surface area contributed by atoms with E-state index in [2.05, 4.69) is 10.6 Å². The fourth-order valence-electron chi connectivity index (χ4n) is 3.52. The van der Waals surface area contributed by atoms with E-state index in [-0.39, 0.29) is 0 Å². The molecule has 1 aliphatic heterocycles. The molecule has 5 amide bonds. The second-order valence-electron chi connectivity index (χ2n) is 7.94. The second kappa shape index (κ2) is 9.94. The van der Waals surface area contributed by atoms with Gasteiger partial charge in [-0.1, -0.05) is 37.6 Å². The number of carbonyl (C=O) groups excluding carboxylic acids is 4. The van der Waals surface area contributed by atoms with E-state index in [1.165, 1.54) is 6.92 Å². The maximum absolute atomic E-state index is 13.6. The predicted octanol–water partition coefficient (Wildman–Crippen LogP) is 2.58. The van der Waals surface area contributed by atoms with Crippen molar-refractivity contribution in [3.05, 3.63) is 65.0 Å². The van der Waals surface area contributed by atoms with E-state index in [1.54, 1.807) is 12.1 Å². The number of urea groups is 1. The van der Waals surface area contributed by atoms with Gasteiger partial charge >= 0.3 is 6.03 Å². The Hall–Kier alpha value is -3.89. The molecule has 3 rings (SSSR count). The van der Waals surface area contributed by atoms with Crippen LogP contribution >= 0.6 is 0 Å². The molecule has 1 unspecified atom stereocenters. The van der Waals surface area contributed by atoms with Crippen LogP contribution in [0.4, 0.5) is 23.7 Å². The quantitative estimate of drug-likeness (QED) is 0.402. The minimum Gasteiger partial charge on any atom is -0.345 e. The van der Waals surface area contributed by atoms with Gasteiger partial charge in [-0.2, -0.15) is 0 Å². The number of hydrogen-bond donors (Lipinski definition) is 3.